The second-order valence-corrected chi connectivity index (χ2v) is 8.33. The normalized spacial score (nSPS) is 52.5. The quantitative estimate of drug-likeness (QED) is 0.154. The largest absolute Gasteiger partial charge is 0.394 e. The molecule has 3 saturated heterocycles. The fraction of sp³-hybridized carbons (Fsp3) is 1.00. The predicted molar refractivity (Wildman–Crippen MR) is 101 cm³/mol. The maximum absolute atomic E-state index is 10.6. The Morgan fingerprint density at radius 3 is 1.35 bits per heavy atom. The molecule has 3 heterocycles. The van der Waals surface area contributed by atoms with Crippen molar-refractivity contribution in [3.05, 3.63) is 0 Å². The minimum atomic E-state index is -1.91. The van der Waals surface area contributed by atoms with Crippen molar-refractivity contribution in [3.63, 3.8) is 0 Å². The second kappa shape index (κ2) is 11.6. The van der Waals surface area contributed by atoms with Gasteiger partial charge in [0.05, 0.1) is 19.8 Å². The van der Waals surface area contributed by atoms with Gasteiger partial charge in [-0.05, 0) is 0 Å². The molecule has 0 amide bonds. The molecule has 0 aromatic rings. The van der Waals surface area contributed by atoms with Crippen molar-refractivity contribution < 1.29 is 79.9 Å². The van der Waals surface area contributed by atoms with Crippen molar-refractivity contribution in [2.75, 3.05) is 19.8 Å². The van der Waals surface area contributed by atoms with Crippen molar-refractivity contribution in [1.82, 2.24) is 0 Å². The first-order valence-electron chi connectivity index (χ1n) is 10.6. The zero-order chi connectivity index (χ0) is 25.3. The van der Waals surface area contributed by atoms with Crippen LogP contribution in [-0.4, -0.2) is 168 Å². The molecule has 3 rings (SSSR count). The second-order valence-electron chi connectivity index (χ2n) is 8.33. The molecule has 34 heavy (non-hydrogen) atoms. The molecule has 0 aromatic carbocycles. The molecule has 200 valence electrons. The number of aliphatic hydroxyl groups is 11. The highest BCUT2D eigenvalue weighted by Crippen LogP contribution is 2.32. The van der Waals surface area contributed by atoms with E-state index < -0.39 is 112 Å². The van der Waals surface area contributed by atoms with Crippen LogP contribution in [-0.2, 0) is 23.7 Å². The molecule has 0 bridgehead atoms. The van der Waals surface area contributed by atoms with E-state index in [1.807, 2.05) is 0 Å². The van der Waals surface area contributed by atoms with Crippen LogP contribution in [0.2, 0.25) is 0 Å². The minimum Gasteiger partial charge on any atom is -0.394 e. The number of rotatable bonds is 7. The Kier molecular flexibility index (Phi) is 9.54. The summed E-state index contributed by atoms with van der Waals surface area (Å²) < 4.78 is 26.4. The number of hydrogen-bond acceptors (Lipinski definition) is 16. The van der Waals surface area contributed by atoms with Crippen LogP contribution in [0, 0.1) is 0 Å². The topological polar surface area (TPSA) is 269 Å². The lowest BCUT2D eigenvalue weighted by molar-refractivity contribution is -0.377. The van der Waals surface area contributed by atoms with Gasteiger partial charge in [0.2, 0.25) is 0 Å². The summed E-state index contributed by atoms with van der Waals surface area (Å²) in [5, 5.41) is 109. The summed E-state index contributed by atoms with van der Waals surface area (Å²) in [4.78, 5) is 0. The molecule has 3 aliphatic rings. The molecule has 11 N–H and O–H groups in total. The van der Waals surface area contributed by atoms with Gasteiger partial charge in [0, 0.05) is 0 Å². The average molecular weight is 504 g/mol. The Morgan fingerprint density at radius 2 is 0.853 bits per heavy atom. The summed E-state index contributed by atoms with van der Waals surface area (Å²) in [6.07, 6.45) is -25.1. The van der Waals surface area contributed by atoms with Crippen LogP contribution in [0.1, 0.15) is 0 Å². The Labute approximate surface area is 192 Å². The third-order valence-corrected chi connectivity index (χ3v) is 6.09. The van der Waals surface area contributed by atoms with Gasteiger partial charge in [-0.1, -0.05) is 0 Å². The van der Waals surface area contributed by atoms with Gasteiger partial charge >= 0.3 is 0 Å². The highest BCUT2D eigenvalue weighted by Gasteiger charge is 2.53. The Bertz CT molecular complexity index is 635. The highest BCUT2D eigenvalue weighted by molar-refractivity contribution is 4.96. The lowest BCUT2D eigenvalue weighted by atomic mass is 9.96. The van der Waals surface area contributed by atoms with E-state index in [4.69, 9.17) is 23.7 Å². The van der Waals surface area contributed by atoms with Gasteiger partial charge in [-0.25, -0.2) is 0 Å². The molecule has 16 heteroatoms. The standard InChI is InChI=1S/C18H32O16/c19-1-4-7(22)8(23)12(27)17(31-4)34-15-6(3-21)32-18(13(28)10(15)25)33-14-5(2-20)30-16(29)11(26)9(14)24/h4-29H,1-3H2/t4-,5-,6-,7-,8+,9-,10-,11-,12-,13-,14-,15-,16+,17+,18-/m1/s1. The summed E-state index contributed by atoms with van der Waals surface area (Å²) in [6.45, 7) is -2.32. The maximum Gasteiger partial charge on any atom is 0.187 e. The van der Waals surface area contributed by atoms with Crippen LogP contribution in [0.25, 0.3) is 0 Å². The first-order chi connectivity index (χ1) is 16.0. The van der Waals surface area contributed by atoms with Crippen molar-refractivity contribution in [2.24, 2.45) is 0 Å². The van der Waals surface area contributed by atoms with Crippen molar-refractivity contribution >= 4 is 0 Å². The van der Waals surface area contributed by atoms with Crippen molar-refractivity contribution in [2.45, 2.75) is 92.1 Å². The zero-order valence-electron chi connectivity index (χ0n) is 17.7. The molecule has 0 aromatic heterocycles. The molecule has 0 aliphatic carbocycles. The zero-order valence-corrected chi connectivity index (χ0v) is 17.7. The summed E-state index contributed by atoms with van der Waals surface area (Å²) in [5.74, 6) is 0. The third kappa shape index (κ3) is 5.37. The summed E-state index contributed by atoms with van der Waals surface area (Å²) in [6, 6.07) is 0. The first-order valence-corrected chi connectivity index (χ1v) is 10.6. The fourth-order valence-corrected chi connectivity index (χ4v) is 4.06. The Balaban J connectivity index is 1.72. The van der Waals surface area contributed by atoms with E-state index in [-0.39, 0.29) is 0 Å². The molecule has 3 aliphatic heterocycles. The van der Waals surface area contributed by atoms with Crippen LogP contribution in [0.3, 0.4) is 0 Å². The maximum atomic E-state index is 10.6. The van der Waals surface area contributed by atoms with Gasteiger partial charge in [0.25, 0.3) is 0 Å². The van der Waals surface area contributed by atoms with E-state index in [0.29, 0.717) is 0 Å². The summed E-state index contributed by atoms with van der Waals surface area (Å²) in [5.41, 5.74) is 0. The van der Waals surface area contributed by atoms with E-state index in [1.165, 1.54) is 0 Å². The SMILES string of the molecule is OC[C@H]1O[C@@H](O[C@H]2[C@H](O)[C@@H](O)[C@@H](O[C@H]3[C@H](O)[C@@H](O)[C@@H](O)O[C@@H]3CO)O[C@@H]2CO)[C@H](O)[C@@H](O)[C@@H]1O. The molecule has 3 fully saturated rings. The fourth-order valence-electron chi connectivity index (χ4n) is 4.06. The van der Waals surface area contributed by atoms with E-state index in [2.05, 4.69) is 0 Å². The molecular formula is C18H32O16. The van der Waals surface area contributed by atoms with Crippen LogP contribution in [0.15, 0.2) is 0 Å². The van der Waals surface area contributed by atoms with Crippen LogP contribution in [0.4, 0.5) is 0 Å². The van der Waals surface area contributed by atoms with E-state index in [1.54, 1.807) is 0 Å². The lowest BCUT2D eigenvalue weighted by Crippen LogP contribution is -2.66. The minimum absolute atomic E-state index is 0.741. The monoisotopic (exact) mass is 504 g/mol. The average Bonchev–Trinajstić information content (AvgIpc) is 2.83. The number of ether oxygens (including phenoxy) is 5. The Morgan fingerprint density at radius 1 is 0.441 bits per heavy atom. The predicted octanol–water partition coefficient (Wildman–Crippen LogP) is -7.57. The van der Waals surface area contributed by atoms with Gasteiger partial charge in [-0.2, -0.15) is 0 Å². The summed E-state index contributed by atoms with van der Waals surface area (Å²) >= 11 is 0. The number of hydrogen-bond donors (Lipinski definition) is 11. The molecule has 0 spiro atoms. The molecular weight excluding hydrogens is 472 g/mol. The third-order valence-electron chi connectivity index (χ3n) is 6.09. The highest BCUT2D eigenvalue weighted by atomic mass is 16.8. The summed E-state index contributed by atoms with van der Waals surface area (Å²) in [7, 11) is 0. The van der Waals surface area contributed by atoms with Gasteiger partial charge in [-0.15, -0.1) is 0 Å². The first kappa shape index (κ1) is 27.9. The molecule has 0 unspecified atom stereocenters. The Hall–Kier alpha value is -0.640. The molecule has 15 atom stereocenters. The van der Waals surface area contributed by atoms with Crippen LogP contribution < -0.4 is 0 Å². The smallest absolute Gasteiger partial charge is 0.187 e. The van der Waals surface area contributed by atoms with Crippen molar-refractivity contribution in [1.29, 1.82) is 0 Å². The van der Waals surface area contributed by atoms with E-state index >= 15 is 0 Å². The van der Waals surface area contributed by atoms with E-state index in [9.17, 15) is 56.2 Å². The lowest BCUT2D eigenvalue weighted by Gasteiger charge is -2.47. The molecule has 0 saturated carbocycles. The van der Waals surface area contributed by atoms with Crippen LogP contribution >= 0.6 is 0 Å². The van der Waals surface area contributed by atoms with Gasteiger partial charge < -0.3 is 79.9 Å². The van der Waals surface area contributed by atoms with Gasteiger partial charge in [0.15, 0.2) is 18.9 Å². The van der Waals surface area contributed by atoms with Crippen LogP contribution in [0.5, 0.6) is 0 Å². The van der Waals surface area contributed by atoms with Gasteiger partial charge in [-0.3, -0.25) is 0 Å². The molecule has 16 nitrogen and oxygen atoms in total. The van der Waals surface area contributed by atoms with E-state index in [0.717, 1.165) is 0 Å². The molecule has 0 radical (unpaired) electrons. The number of aliphatic hydroxyl groups excluding tert-OH is 11. The van der Waals surface area contributed by atoms with Crippen molar-refractivity contribution in [3.8, 4) is 0 Å². The van der Waals surface area contributed by atoms with Gasteiger partial charge in [0.1, 0.15) is 73.2 Å².